The number of carboxylic acid groups (broad SMARTS) is 1. The van der Waals surface area contributed by atoms with Crippen LogP contribution in [0.1, 0.15) is 29.0 Å². The second-order valence-electron chi connectivity index (χ2n) is 6.80. The first-order valence-corrected chi connectivity index (χ1v) is 13.0. The molecular weight excluding hydrogens is 480 g/mol. The van der Waals surface area contributed by atoms with E-state index in [0.29, 0.717) is 12.2 Å². The van der Waals surface area contributed by atoms with Crippen LogP contribution in [0.4, 0.5) is 0 Å². The highest BCUT2D eigenvalue weighted by Crippen LogP contribution is 2.37. The summed E-state index contributed by atoms with van der Waals surface area (Å²) in [6.45, 7) is 2.08. The number of hydrogen-bond acceptors (Lipinski definition) is 6. The van der Waals surface area contributed by atoms with E-state index in [-0.39, 0.29) is 23.0 Å². The molecule has 1 heterocycles. The van der Waals surface area contributed by atoms with Crippen LogP contribution in [0.2, 0.25) is 0 Å². The highest BCUT2D eigenvalue weighted by molar-refractivity contribution is 9.10. The molecule has 0 aliphatic heterocycles. The number of aryl methyl sites for hydroxylation is 2. The lowest BCUT2D eigenvalue weighted by atomic mass is 10.0. The number of aliphatic hydroxyl groups is 2. The molecule has 0 amide bonds. The minimum Gasteiger partial charge on any atom is -0.481 e. The maximum atomic E-state index is 10.5. The summed E-state index contributed by atoms with van der Waals surface area (Å²) < 4.78 is 1.13. The number of thioether (sulfide) groups is 2. The third kappa shape index (κ3) is 8.24. The number of thiophene rings is 1. The first-order valence-electron chi connectivity index (χ1n) is 9.26. The topological polar surface area (TPSA) is 77.8 Å². The van der Waals surface area contributed by atoms with Crippen LogP contribution in [-0.4, -0.2) is 50.3 Å². The number of allylic oxidation sites excluding steroid dienone is 1. The summed E-state index contributed by atoms with van der Waals surface area (Å²) >= 11 is 8.23. The van der Waals surface area contributed by atoms with Gasteiger partial charge in [0.15, 0.2) is 0 Å². The quantitative estimate of drug-likeness (QED) is 0.293. The Morgan fingerprint density at radius 1 is 1.46 bits per heavy atom. The summed E-state index contributed by atoms with van der Waals surface area (Å²) in [7, 11) is 0. The molecule has 0 spiro atoms. The molecule has 1 aromatic rings. The van der Waals surface area contributed by atoms with Crippen LogP contribution in [0.5, 0.6) is 0 Å². The SMILES string of the molecule is Cc1sc(CC[C@H](O)C=C[C@H]2CCC(O)[C@@H]2SC=CCSCC(=O)O)cc1Br. The Labute approximate surface area is 187 Å². The van der Waals surface area contributed by atoms with Crippen molar-refractivity contribution >= 4 is 56.8 Å². The van der Waals surface area contributed by atoms with Crippen LogP contribution in [0.3, 0.4) is 0 Å². The molecule has 4 nitrogen and oxygen atoms in total. The van der Waals surface area contributed by atoms with Crippen molar-refractivity contribution in [3.63, 3.8) is 0 Å². The molecule has 0 aromatic carbocycles. The number of rotatable bonds is 11. The lowest BCUT2D eigenvalue weighted by Crippen LogP contribution is -2.20. The second kappa shape index (κ2) is 12.4. The third-order valence-corrected chi connectivity index (χ3v) is 8.95. The molecule has 0 radical (unpaired) electrons. The lowest BCUT2D eigenvalue weighted by molar-refractivity contribution is -0.133. The normalized spacial score (nSPS) is 23.8. The molecule has 156 valence electrons. The summed E-state index contributed by atoms with van der Waals surface area (Å²) in [6.07, 6.45) is 8.28. The van der Waals surface area contributed by atoms with E-state index in [1.807, 2.05) is 17.6 Å². The highest BCUT2D eigenvalue weighted by Gasteiger charge is 2.33. The van der Waals surface area contributed by atoms with Crippen molar-refractivity contribution < 1.29 is 20.1 Å². The fourth-order valence-electron chi connectivity index (χ4n) is 3.07. The Kier molecular flexibility index (Phi) is 10.7. The van der Waals surface area contributed by atoms with Crippen molar-refractivity contribution in [1.29, 1.82) is 0 Å². The van der Waals surface area contributed by atoms with Crippen LogP contribution < -0.4 is 0 Å². The van der Waals surface area contributed by atoms with E-state index in [9.17, 15) is 15.0 Å². The number of hydrogen-bond donors (Lipinski definition) is 3. The van der Waals surface area contributed by atoms with Gasteiger partial charge in [0.2, 0.25) is 0 Å². The molecule has 1 fully saturated rings. The van der Waals surface area contributed by atoms with Gasteiger partial charge in [-0.1, -0.05) is 18.2 Å². The lowest BCUT2D eigenvalue weighted by Gasteiger charge is -2.17. The van der Waals surface area contributed by atoms with Crippen LogP contribution in [-0.2, 0) is 11.2 Å². The van der Waals surface area contributed by atoms with Crippen LogP contribution in [0.25, 0.3) is 0 Å². The van der Waals surface area contributed by atoms with Crippen molar-refractivity contribution in [3.8, 4) is 0 Å². The molecule has 2 rings (SSSR count). The second-order valence-corrected chi connectivity index (χ2v) is 11.1. The Morgan fingerprint density at radius 3 is 2.93 bits per heavy atom. The van der Waals surface area contributed by atoms with Gasteiger partial charge in [0, 0.05) is 25.2 Å². The predicted molar refractivity (Wildman–Crippen MR) is 124 cm³/mol. The molecule has 1 aliphatic rings. The number of carboxylic acids is 1. The Morgan fingerprint density at radius 2 is 2.25 bits per heavy atom. The highest BCUT2D eigenvalue weighted by atomic mass is 79.9. The van der Waals surface area contributed by atoms with Crippen molar-refractivity contribution in [2.75, 3.05) is 11.5 Å². The Hall–Kier alpha value is -0.250. The van der Waals surface area contributed by atoms with Gasteiger partial charge >= 0.3 is 5.97 Å². The number of aliphatic hydroxyl groups excluding tert-OH is 2. The Bertz CT molecular complexity index is 669. The molecule has 0 saturated heterocycles. The predicted octanol–water partition coefficient (Wildman–Crippen LogP) is 4.87. The van der Waals surface area contributed by atoms with Gasteiger partial charge in [-0.2, -0.15) is 0 Å². The fraction of sp³-hybridized carbons (Fsp3) is 0.550. The monoisotopic (exact) mass is 506 g/mol. The van der Waals surface area contributed by atoms with E-state index in [0.717, 1.165) is 23.7 Å². The van der Waals surface area contributed by atoms with Gasteiger partial charge in [-0.3, -0.25) is 4.79 Å². The summed E-state index contributed by atoms with van der Waals surface area (Å²) in [5.41, 5.74) is 0. The third-order valence-electron chi connectivity index (χ3n) is 4.54. The van der Waals surface area contributed by atoms with Gasteiger partial charge in [0.1, 0.15) is 0 Å². The van der Waals surface area contributed by atoms with Crippen molar-refractivity contribution in [1.82, 2.24) is 0 Å². The maximum absolute atomic E-state index is 10.5. The van der Waals surface area contributed by atoms with E-state index >= 15 is 0 Å². The smallest absolute Gasteiger partial charge is 0.313 e. The average Bonchev–Trinajstić information content (AvgIpc) is 3.16. The number of carbonyl (C=O) groups is 1. The number of halogens is 1. The first-order chi connectivity index (χ1) is 13.4. The zero-order valence-corrected chi connectivity index (χ0v) is 19.8. The molecule has 28 heavy (non-hydrogen) atoms. The molecule has 0 bridgehead atoms. The minimum absolute atomic E-state index is 0.0834. The molecule has 8 heteroatoms. The van der Waals surface area contributed by atoms with Gasteiger partial charge in [-0.05, 0) is 65.9 Å². The molecule has 1 aliphatic carbocycles. The molecule has 1 saturated carbocycles. The van der Waals surface area contributed by atoms with E-state index in [1.54, 1.807) is 23.1 Å². The van der Waals surface area contributed by atoms with Crippen molar-refractivity contribution in [2.45, 2.75) is 50.1 Å². The van der Waals surface area contributed by atoms with Gasteiger partial charge in [0.25, 0.3) is 0 Å². The van der Waals surface area contributed by atoms with Gasteiger partial charge in [-0.25, -0.2) is 0 Å². The van der Waals surface area contributed by atoms with Crippen LogP contribution in [0.15, 0.2) is 34.2 Å². The van der Waals surface area contributed by atoms with Crippen molar-refractivity contribution in [3.05, 3.63) is 43.9 Å². The Balaban J connectivity index is 1.76. The fourth-order valence-corrected chi connectivity index (χ4v) is 6.47. The first kappa shape index (κ1) is 24.0. The molecule has 1 aromatic heterocycles. The largest absolute Gasteiger partial charge is 0.481 e. The van der Waals surface area contributed by atoms with E-state index in [4.69, 9.17) is 5.11 Å². The molecule has 3 N–H and O–H groups in total. The van der Waals surface area contributed by atoms with Gasteiger partial charge in [-0.15, -0.1) is 34.9 Å². The summed E-state index contributed by atoms with van der Waals surface area (Å²) in [5.74, 6) is 0.193. The van der Waals surface area contributed by atoms with E-state index in [1.165, 1.54) is 21.5 Å². The van der Waals surface area contributed by atoms with Gasteiger partial charge in [0.05, 0.1) is 18.0 Å². The summed E-state index contributed by atoms with van der Waals surface area (Å²) in [5, 5.41) is 31.2. The number of aliphatic carboxylic acids is 1. The maximum Gasteiger partial charge on any atom is 0.313 e. The summed E-state index contributed by atoms with van der Waals surface area (Å²) in [6, 6.07) is 2.12. The molecule has 1 unspecified atom stereocenters. The summed E-state index contributed by atoms with van der Waals surface area (Å²) in [4.78, 5) is 13.0. The standard InChI is InChI=1S/C20H27BrO4S3/c1-13-17(21)11-16(28-13)7-6-15(22)5-3-14-4-8-18(23)20(14)27-10-2-9-26-12-19(24)25/h2-3,5,10-11,14-15,18,20,22-23H,4,6-9,12H2,1H3,(H,24,25)/t14-,15+,18?,20+/m0/s1. The van der Waals surface area contributed by atoms with Crippen LogP contribution in [0, 0.1) is 12.8 Å². The zero-order chi connectivity index (χ0) is 20.5. The van der Waals surface area contributed by atoms with E-state index in [2.05, 4.69) is 35.0 Å². The van der Waals surface area contributed by atoms with Gasteiger partial charge < -0.3 is 15.3 Å². The average molecular weight is 508 g/mol. The zero-order valence-electron chi connectivity index (χ0n) is 15.8. The van der Waals surface area contributed by atoms with E-state index < -0.39 is 12.1 Å². The minimum atomic E-state index is -0.803. The van der Waals surface area contributed by atoms with Crippen molar-refractivity contribution in [2.24, 2.45) is 5.92 Å². The molecular formula is C20H27BrO4S3. The molecule has 4 atom stereocenters. The van der Waals surface area contributed by atoms with Crippen LogP contribution >= 0.6 is 50.8 Å².